The zero-order valence-electron chi connectivity index (χ0n) is 13.6. The number of rotatable bonds is 5. The Morgan fingerprint density at radius 2 is 1.76 bits per heavy atom. The topological polar surface area (TPSA) is 26.3 Å². The van der Waals surface area contributed by atoms with E-state index < -0.39 is 0 Å². The first-order valence-electron chi connectivity index (χ1n) is 7.49. The minimum absolute atomic E-state index is 0.238. The molecule has 0 aliphatic carbocycles. The highest BCUT2D eigenvalue weighted by Gasteiger charge is 2.33. The van der Waals surface area contributed by atoms with Gasteiger partial charge in [-0.05, 0) is 47.7 Å². The van der Waals surface area contributed by atoms with Crippen LogP contribution in [0.3, 0.4) is 0 Å². The molecule has 21 heavy (non-hydrogen) atoms. The summed E-state index contributed by atoms with van der Waals surface area (Å²) in [7, 11) is 1.68. The van der Waals surface area contributed by atoms with Crippen molar-refractivity contribution < 1.29 is 9.53 Å². The smallest absolute Gasteiger partial charge is 0.136 e. The fraction of sp³-hybridized carbons (Fsp3) is 0.421. The number of carbonyl (C=O) groups is 1. The van der Waals surface area contributed by atoms with Crippen molar-refractivity contribution in [2.75, 3.05) is 7.11 Å². The summed E-state index contributed by atoms with van der Waals surface area (Å²) in [5, 5.41) is 2.35. The van der Waals surface area contributed by atoms with Crippen LogP contribution in [-0.4, -0.2) is 12.9 Å². The molecule has 1 unspecified atom stereocenters. The molecule has 0 heterocycles. The van der Waals surface area contributed by atoms with Gasteiger partial charge in [-0.1, -0.05) is 45.0 Å². The van der Waals surface area contributed by atoms with Crippen LogP contribution in [0.4, 0.5) is 0 Å². The Morgan fingerprint density at radius 3 is 2.33 bits per heavy atom. The van der Waals surface area contributed by atoms with Gasteiger partial charge in [-0.15, -0.1) is 0 Å². The molecular weight excluding hydrogens is 260 g/mol. The van der Waals surface area contributed by atoms with Crippen LogP contribution in [-0.2, 0) is 4.79 Å². The summed E-state index contributed by atoms with van der Waals surface area (Å²) in [5.41, 5.74) is 0.893. The molecule has 0 amide bonds. The highest BCUT2D eigenvalue weighted by molar-refractivity contribution is 5.86. The number of hydrogen-bond donors (Lipinski definition) is 0. The average molecular weight is 284 g/mol. The molecule has 112 valence electrons. The lowest BCUT2D eigenvalue weighted by Gasteiger charge is -2.32. The Bertz CT molecular complexity index is 656. The monoisotopic (exact) mass is 284 g/mol. The van der Waals surface area contributed by atoms with Gasteiger partial charge >= 0.3 is 0 Å². The summed E-state index contributed by atoms with van der Waals surface area (Å²) in [6.45, 7) is 7.92. The first kappa shape index (κ1) is 15.6. The van der Waals surface area contributed by atoms with Crippen LogP contribution in [0.15, 0.2) is 36.4 Å². The molecule has 2 aromatic rings. The fourth-order valence-corrected chi connectivity index (χ4v) is 2.99. The van der Waals surface area contributed by atoms with E-state index in [1.165, 1.54) is 10.9 Å². The largest absolute Gasteiger partial charge is 0.497 e. The maximum atomic E-state index is 12.0. The standard InChI is InChI=1S/C19H24O2/c1-6-18(19(3,4)13(2)20)16-8-7-15-12-17(21-5)10-9-14(15)11-16/h7-12,18H,6H2,1-5H3. The second kappa shape index (κ2) is 5.88. The van der Waals surface area contributed by atoms with Gasteiger partial charge in [-0.3, -0.25) is 4.79 Å². The van der Waals surface area contributed by atoms with Crippen LogP contribution in [0.2, 0.25) is 0 Å². The van der Waals surface area contributed by atoms with Crippen molar-refractivity contribution in [2.45, 2.75) is 40.0 Å². The Kier molecular flexibility index (Phi) is 4.36. The van der Waals surface area contributed by atoms with Gasteiger partial charge in [0.2, 0.25) is 0 Å². The van der Waals surface area contributed by atoms with E-state index in [-0.39, 0.29) is 17.1 Å². The van der Waals surface area contributed by atoms with Crippen molar-refractivity contribution in [3.8, 4) is 5.75 Å². The van der Waals surface area contributed by atoms with Gasteiger partial charge in [0.05, 0.1) is 7.11 Å². The second-order valence-corrected chi connectivity index (χ2v) is 6.21. The SMILES string of the molecule is CCC(c1ccc2cc(OC)ccc2c1)C(C)(C)C(C)=O. The van der Waals surface area contributed by atoms with Crippen molar-refractivity contribution in [3.63, 3.8) is 0 Å². The van der Waals surface area contributed by atoms with Gasteiger partial charge in [0, 0.05) is 5.41 Å². The molecular formula is C19H24O2. The third-order valence-corrected chi connectivity index (χ3v) is 4.66. The summed E-state index contributed by atoms with van der Waals surface area (Å²) in [4.78, 5) is 12.0. The van der Waals surface area contributed by atoms with E-state index in [2.05, 4.69) is 31.2 Å². The number of methoxy groups -OCH3 is 1. The van der Waals surface area contributed by atoms with Gasteiger partial charge in [-0.2, -0.15) is 0 Å². The number of ether oxygens (including phenoxy) is 1. The molecule has 0 fully saturated rings. The summed E-state index contributed by atoms with van der Waals surface area (Å²) < 4.78 is 5.26. The molecule has 0 aliphatic rings. The number of hydrogen-bond acceptors (Lipinski definition) is 2. The minimum atomic E-state index is -0.338. The number of carbonyl (C=O) groups excluding carboxylic acids is 1. The van der Waals surface area contributed by atoms with E-state index in [4.69, 9.17) is 4.74 Å². The number of fused-ring (bicyclic) bond motifs is 1. The number of ketones is 1. The lowest BCUT2D eigenvalue weighted by Crippen LogP contribution is -2.29. The normalized spacial score (nSPS) is 13.2. The molecule has 0 spiro atoms. The highest BCUT2D eigenvalue weighted by atomic mass is 16.5. The molecule has 2 aromatic carbocycles. The van der Waals surface area contributed by atoms with Crippen LogP contribution < -0.4 is 4.74 Å². The van der Waals surface area contributed by atoms with Crippen molar-refractivity contribution >= 4 is 16.6 Å². The summed E-state index contributed by atoms with van der Waals surface area (Å²) in [5.74, 6) is 1.34. The molecule has 0 radical (unpaired) electrons. The maximum absolute atomic E-state index is 12.0. The van der Waals surface area contributed by atoms with Crippen LogP contribution in [0.25, 0.3) is 10.8 Å². The molecule has 1 atom stereocenters. The molecule has 0 aliphatic heterocycles. The Labute approximate surface area is 127 Å². The van der Waals surface area contributed by atoms with Crippen molar-refractivity contribution in [1.82, 2.24) is 0 Å². The molecule has 2 rings (SSSR count). The van der Waals surface area contributed by atoms with E-state index in [0.717, 1.165) is 17.6 Å². The summed E-state index contributed by atoms with van der Waals surface area (Å²) in [6.07, 6.45) is 0.953. The second-order valence-electron chi connectivity index (χ2n) is 6.21. The van der Waals surface area contributed by atoms with Gasteiger partial charge < -0.3 is 4.74 Å². The van der Waals surface area contributed by atoms with Crippen LogP contribution in [0.1, 0.15) is 45.6 Å². The van der Waals surface area contributed by atoms with Crippen LogP contribution >= 0.6 is 0 Å². The zero-order valence-corrected chi connectivity index (χ0v) is 13.6. The van der Waals surface area contributed by atoms with Gasteiger partial charge in [0.15, 0.2) is 0 Å². The number of Topliss-reactive ketones (excluding diaryl/α,β-unsaturated/α-hetero) is 1. The first-order valence-corrected chi connectivity index (χ1v) is 7.49. The predicted octanol–water partition coefficient (Wildman–Crippen LogP) is 4.96. The highest BCUT2D eigenvalue weighted by Crippen LogP contribution is 2.39. The minimum Gasteiger partial charge on any atom is -0.497 e. The van der Waals surface area contributed by atoms with Crippen LogP contribution in [0, 0.1) is 5.41 Å². The van der Waals surface area contributed by atoms with E-state index in [1.54, 1.807) is 14.0 Å². The van der Waals surface area contributed by atoms with Crippen molar-refractivity contribution in [3.05, 3.63) is 42.0 Å². The van der Waals surface area contributed by atoms with E-state index >= 15 is 0 Å². The number of benzene rings is 2. The van der Waals surface area contributed by atoms with Gasteiger partial charge in [0.25, 0.3) is 0 Å². The lowest BCUT2D eigenvalue weighted by molar-refractivity contribution is -0.126. The third-order valence-electron chi connectivity index (χ3n) is 4.66. The van der Waals surface area contributed by atoms with Gasteiger partial charge in [0.1, 0.15) is 11.5 Å². The fourth-order valence-electron chi connectivity index (χ4n) is 2.99. The summed E-state index contributed by atoms with van der Waals surface area (Å²) >= 11 is 0. The maximum Gasteiger partial charge on any atom is 0.136 e. The van der Waals surface area contributed by atoms with Crippen molar-refractivity contribution in [2.24, 2.45) is 5.41 Å². The molecule has 2 nitrogen and oxygen atoms in total. The average Bonchev–Trinajstić information content (AvgIpc) is 2.47. The quantitative estimate of drug-likeness (QED) is 0.776. The van der Waals surface area contributed by atoms with Crippen LogP contribution in [0.5, 0.6) is 5.75 Å². The van der Waals surface area contributed by atoms with E-state index in [1.807, 2.05) is 26.0 Å². The molecule has 0 saturated heterocycles. The Morgan fingerprint density at radius 1 is 1.14 bits per heavy atom. The Hall–Kier alpha value is -1.83. The molecule has 0 saturated carbocycles. The zero-order chi connectivity index (χ0) is 15.6. The predicted molar refractivity (Wildman–Crippen MR) is 88.0 cm³/mol. The lowest BCUT2D eigenvalue weighted by atomic mass is 9.71. The van der Waals surface area contributed by atoms with Crippen molar-refractivity contribution in [1.29, 1.82) is 0 Å². The molecule has 0 N–H and O–H groups in total. The third kappa shape index (κ3) is 2.94. The van der Waals surface area contributed by atoms with Gasteiger partial charge in [-0.25, -0.2) is 0 Å². The molecule has 0 aromatic heterocycles. The van der Waals surface area contributed by atoms with E-state index in [0.29, 0.717) is 0 Å². The Balaban J connectivity index is 2.48. The molecule has 2 heteroatoms. The summed E-state index contributed by atoms with van der Waals surface area (Å²) in [6, 6.07) is 12.5. The first-order chi connectivity index (χ1) is 9.90. The molecule has 0 bridgehead atoms. The van der Waals surface area contributed by atoms with E-state index in [9.17, 15) is 4.79 Å².